The molecule has 0 amide bonds. The molecule has 0 aliphatic carbocycles. The van der Waals surface area contributed by atoms with Crippen molar-refractivity contribution in [3.8, 4) is 22.6 Å². The van der Waals surface area contributed by atoms with Crippen molar-refractivity contribution in [2.45, 2.75) is 27.4 Å². The Hall–Kier alpha value is -4.45. The fraction of sp³-hybridized carbons (Fsp3) is 0.118. The van der Waals surface area contributed by atoms with Crippen molar-refractivity contribution in [3.63, 3.8) is 0 Å². The molecule has 0 fully saturated rings. The zero-order valence-corrected chi connectivity index (χ0v) is 23.5. The summed E-state index contributed by atoms with van der Waals surface area (Å²) in [5.74, 6) is 0.484. The number of fused-ring (bicyclic) bond motifs is 1. The van der Waals surface area contributed by atoms with Gasteiger partial charge >= 0.3 is 0 Å². The van der Waals surface area contributed by atoms with Crippen LogP contribution in [0.5, 0.6) is 0 Å². The maximum Gasteiger partial charge on any atom is 0.227 e. The maximum atomic E-state index is 9.54. The molecule has 0 saturated carbocycles. The molecule has 0 spiro atoms. The lowest BCUT2D eigenvalue weighted by molar-refractivity contribution is 0.282. The van der Waals surface area contributed by atoms with E-state index < -0.39 is 0 Å². The van der Waals surface area contributed by atoms with E-state index in [1.807, 2.05) is 49.4 Å². The third kappa shape index (κ3) is 5.09. The number of hydrogen-bond donors (Lipinski definition) is 2. The van der Waals surface area contributed by atoms with Crippen molar-refractivity contribution in [2.24, 2.45) is 0 Å². The highest BCUT2D eigenvalue weighted by Crippen LogP contribution is 2.38. The summed E-state index contributed by atoms with van der Waals surface area (Å²) in [7, 11) is 0. The average molecular weight is 548 g/mol. The zero-order valence-electron chi connectivity index (χ0n) is 22.8. The normalized spacial score (nSPS) is 11.3. The zero-order chi connectivity index (χ0) is 28.4. The van der Waals surface area contributed by atoms with Crippen LogP contribution in [0.25, 0.3) is 51.5 Å². The molecular formula is C34H30ClN3O2. The molecule has 5 aromatic rings. The highest BCUT2D eigenvalue weighted by molar-refractivity contribution is 6.34. The van der Waals surface area contributed by atoms with Gasteiger partial charge in [0.2, 0.25) is 5.89 Å². The Bertz CT molecular complexity index is 1800. The minimum Gasteiger partial charge on any atom is -0.434 e. The number of nitrogens with one attached hydrogen (secondary N) is 1. The van der Waals surface area contributed by atoms with Crippen molar-refractivity contribution < 1.29 is 9.52 Å². The molecule has 3 aromatic carbocycles. The number of hydrogen-bond acceptors (Lipinski definition) is 5. The Balaban J connectivity index is 1.51. The molecule has 0 aliphatic rings. The Morgan fingerprint density at radius 2 is 1.77 bits per heavy atom. The molecule has 40 heavy (non-hydrogen) atoms. The molecule has 0 unspecified atom stereocenters. The summed E-state index contributed by atoms with van der Waals surface area (Å²) in [6, 6.07) is 17.8. The second-order valence-electron chi connectivity index (χ2n) is 9.57. The molecule has 0 aliphatic heterocycles. The molecular weight excluding hydrogens is 518 g/mol. The summed E-state index contributed by atoms with van der Waals surface area (Å²) < 4.78 is 6.09. The van der Waals surface area contributed by atoms with Crippen LogP contribution < -0.4 is 5.32 Å². The van der Waals surface area contributed by atoms with Crippen molar-refractivity contribution in [1.29, 1.82) is 0 Å². The van der Waals surface area contributed by atoms with Gasteiger partial charge in [-0.05, 0) is 84.5 Å². The lowest BCUT2D eigenvalue weighted by Crippen LogP contribution is -2.04. The number of aromatic nitrogens is 2. The van der Waals surface area contributed by atoms with Gasteiger partial charge in [-0.1, -0.05) is 67.3 Å². The number of pyridine rings is 1. The molecule has 5 nitrogen and oxygen atoms in total. The lowest BCUT2D eigenvalue weighted by Gasteiger charge is -2.18. The topological polar surface area (TPSA) is 71.2 Å². The first kappa shape index (κ1) is 27.1. The van der Waals surface area contributed by atoms with Crippen LogP contribution in [0, 0.1) is 13.8 Å². The van der Waals surface area contributed by atoms with Crippen LogP contribution in [0.15, 0.2) is 84.4 Å². The summed E-state index contributed by atoms with van der Waals surface area (Å²) in [5, 5.41) is 13.5. The quantitative estimate of drug-likeness (QED) is 0.203. The van der Waals surface area contributed by atoms with Crippen molar-refractivity contribution >= 4 is 46.2 Å². The van der Waals surface area contributed by atoms with Crippen LogP contribution in [0.4, 0.5) is 5.69 Å². The standard InChI is InChI=1S/C34H30ClN3O2/c1-6-10-25-15-23(7-2)18-36-32(25)22(5)37-30-14-9-12-27(21(30)4)26-11-8-13-28(20(26)3)34-38-31-17-24(19-39)16-29(35)33(31)40-34/h6-18,37,39H,2,5,19H2,1,3-4H3/b10-6-. The summed E-state index contributed by atoms with van der Waals surface area (Å²) in [4.78, 5) is 9.34. The van der Waals surface area contributed by atoms with E-state index in [9.17, 15) is 5.11 Å². The second-order valence-corrected chi connectivity index (χ2v) is 9.98. The van der Waals surface area contributed by atoms with E-state index in [1.165, 1.54) is 0 Å². The highest BCUT2D eigenvalue weighted by Gasteiger charge is 2.18. The van der Waals surface area contributed by atoms with Crippen LogP contribution in [0.1, 0.15) is 40.4 Å². The van der Waals surface area contributed by atoms with Gasteiger partial charge < -0.3 is 14.8 Å². The minimum atomic E-state index is -0.116. The predicted molar refractivity (Wildman–Crippen MR) is 167 cm³/mol. The first-order valence-corrected chi connectivity index (χ1v) is 13.3. The number of aliphatic hydroxyl groups is 1. The molecule has 0 radical (unpaired) electrons. The molecule has 2 heterocycles. The Labute approximate surface area is 239 Å². The van der Waals surface area contributed by atoms with Crippen LogP contribution >= 0.6 is 11.6 Å². The number of benzene rings is 3. The molecule has 200 valence electrons. The third-order valence-corrected chi connectivity index (χ3v) is 7.25. The van der Waals surface area contributed by atoms with E-state index >= 15 is 0 Å². The number of nitrogens with zero attached hydrogens (tertiary/aromatic N) is 2. The molecule has 0 saturated heterocycles. The highest BCUT2D eigenvalue weighted by atomic mass is 35.5. The van der Waals surface area contributed by atoms with Gasteiger partial charge in [-0.2, -0.15) is 0 Å². The Morgan fingerprint density at radius 1 is 1.05 bits per heavy atom. The molecule has 2 aromatic heterocycles. The van der Waals surface area contributed by atoms with Gasteiger partial charge in [0.1, 0.15) is 5.52 Å². The van der Waals surface area contributed by atoms with Gasteiger partial charge in [-0.3, -0.25) is 4.98 Å². The van der Waals surface area contributed by atoms with E-state index in [2.05, 4.69) is 49.4 Å². The second kappa shape index (κ2) is 11.3. The van der Waals surface area contributed by atoms with Crippen LogP contribution in [-0.2, 0) is 6.61 Å². The average Bonchev–Trinajstić information content (AvgIpc) is 3.39. The smallest absolute Gasteiger partial charge is 0.227 e. The SMILES string of the molecule is C=Cc1cnc(C(=C)Nc2cccc(-c3cccc(-c4nc5cc(CO)cc(Cl)c5o4)c3C)c2C)c(/C=C\C)c1. The van der Waals surface area contributed by atoms with E-state index in [1.54, 1.807) is 24.4 Å². The lowest BCUT2D eigenvalue weighted by atomic mass is 9.92. The van der Waals surface area contributed by atoms with Crippen LogP contribution in [0.2, 0.25) is 5.02 Å². The number of halogens is 1. The number of oxazole rings is 1. The fourth-order valence-electron chi connectivity index (χ4n) is 4.87. The number of aliphatic hydroxyl groups excluding tert-OH is 1. The summed E-state index contributed by atoms with van der Waals surface area (Å²) in [6.07, 6.45) is 7.58. The van der Waals surface area contributed by atoms with Crippen molar-refractivity contribution in [1.82, 2.24) is 9.97 Å². The van der Waals surface area contributed by atoms with Gasteiger partial charge in [0.15, 0.2) is 5.58 Å². The molecule has 0 bridgehead atoms. The predicted octanol–water partition coefficient (Wildman–Crippen LogP) is 9.08. The van der Waals surface area contributed by atoms with E-state index in [0.29, 0.717) is 33.3 Å². The van der Waals surface area contributed by atoms with Gasteiger partial charge in [0.25, 0.3) is 0 Å². The largest absolute Gasteiger partial charge is 0.434 e. The van der Waals surface area contributed by atoms with Crippen molar-refractivity contribution in [2.75, 3.05) is 5.32 Å². The Kier molecular flexibility index (Phi) is 7.69. The van der Waals surface area contributed by atoms with Gasteiger partial charge in [0.05, 0.1) is 23.0 Å². The van der Waals surface area contributed by atoms with Crippen LogP contribution in [0.3, 0.4) is 0 Å². The molecule has 6 heteroatoms. The summed E-state index contributed by atoms with van der Waals surface area (Å²) >= 11 is 6.40. The van der Waals surface area contributed by atoms with Gasteiger partial charge in [0, 0.05) is 23.0 Å². The number of rotatable bonds is 8. The fourth-order valence-corrected chi connectivity index (χ4v) is 5.14. The van der Waals surface area contributed by atoms with E-state index in [-0.39, 0.29) is 6.61 Å². The van der Waals surface area contributed by atoms with Gasteiger partial charge in [-0.15, -0.1) is 0 Å². The minimum absolute atomic E-state index is 0.116. The van der Waals surface area contributed by atoms with Crippen LogP contribution in [-0.4, -0.2) is 15.1 Å². The number of anilines is 1. The monoisotopic (exact) mass is 547 g/mol. The maximum absolute atomic E-state index is 9.54. The van der Waals surface area contributed by atoms with E-state index in [0.717, 1.165) is 50.3 Å². The van der Waals surface area contributed by atoms with E-state index in [4.69, 9.17) is 21.0 Å². The Morgan fingerprint density at radius 3 is 2.50 bits per heavy atom. The first-order valence-electron chi connectivity index (χ1n) is 13.0. The molecule has 5 rings (SSSR count). The third-order valence-electron chi connectivity index (χ3n) is 6.97. The molecule has 0 atom stereocenters. The number of allylic oxidation sites excluding steroid dienone is 1. The van der Waals surface area contributed by atoms with Crippen molar-refractivity contribution in [3.05, 3.63) is 119 Å². The molecule has 2 N–H and O–H groups in total. The first-order chi connectivity index (χ1) is 19.3. The summed E-state index contributed by atoms with van der Waals surface area (Å²) in [5.41, 5.74) is 11.3. The van der Waals surface area contributed by atoms with Gasteiger partial charge in [-0.25, -0.2) is 4.98 Å². The summed E-state index contributed by atoms with van der Waals surface area (Å²) in [6.45, 7) is 14.2.